The Balaban J connectivity index is 1.54. The number of carbonyl (C=O) groups is 2. The van der Waals surface area contributed by atoms with Gasteiger partial charge in [-0.05, 0) is 61.2 Å². The molecule has 3 atom stereocenters. The molecule has 2 heterocycles. The molecule has 4 nitrogen and oxygen atoms in total. The van der Waals surface area contributed by atoms with Gasteiger partial charge in [-0.2, -0.15) is 0 Å². The molecule has 0 amide bonds. The van der Waals surface area contributed by atoms with Gasteiger partial charge in [-0.15, -0.1) is 11.3 Å². The second kappa shape index (κ2) is 8.66. The molecule has 1 fully saturated rings. The number of benzene rings is 1. The van der Waals surface area contributed by atoms with Crippen LogP contribution in [0.4, 0.5) is 4.39 Å². The monoisotopic (exact) mass is 451 g/mol. The first-order valence-electron chi connectivity index (χ1n) is 11.2. The number of allylic oxidation sites excluding steroid dienone is 2. The van der Waals surface area contributed by atoms with Crippen LogP contribution in [0.2, 0.25) is 0 Å². The number of carbonyl (C=O) groups excluding carboxylic acids is 2. The van der Waals surface area contributed by atoms with Crippen molar-refractivity contribution >= 4 is 23.1 Å². The fourth-order valence-electron chi connectivity index (χ4n) is 5.33. The second-order valence-corrected chi connectivity index (χ2v) is 9.92. The zero-order valence-corrected chi connectivity index (χ0v) is 18.6. The van der Waals surface area contributed by atoms with Gasteiger partial charge in [0.25, 0.3) is 0 Å². The van der Waals surface area contributed by atoms with Crippen LogP contribution in [0.5, 0.6) is 0 Å². The fraction of sp³-hybridized carbons (Fsp3) is 0.385. The third kappa shape index (κ3) is 3.92. The highest BCUT2D eigenvalue weighted by Gasteiger charge is 2.46. The molecule has 3 aliphatic rings. The van der Waals surface area contributed by atoms with Crippen LogP contribution in [0, 0.1) is 11.7 Å². The molecule has 0 saturated heterocycles. The molecule has 0 radical (unpaired) electrons. The van der Waals surface area contributed by atoms with E-state index in [4.69, 9.17) is 4.74 Å². The lowest BCUT2D eigenvalue weighted by molar-refractivity contribution is -0.153. The molecule has 2 aliphatic carbocycles. The van der Waals surface area contributed by atoms with Crippen molar-refractivity contribution in [2.45, 2.75) is 56.5 Å². The van der Waals surface area contributed by atoms with Crippen molar-refractivity contribution in [2.24, 2.45) is 5.92 Å². The van der Waals surface area contributed by atoms with E-state index in [-0.39, 0.29) is 29.6 Å². The van der Waals surface area contributed by atoms with Gasteiger partial charge in [0.05, 0.1) is 0 Å². The molecule has 6 heteroatoms. The van der Waals surface area contributed by atoms with Gasteiger partial charge in [0, 0.05) is 40.1 Å². The Labute approximate surface area is 191 Å². The van der Waals surface area contributed by atoms with Crippen LogP contribution in [0.3, 0.4) is 0 Å². The van der Waals surface area contributed by atoms with E-state index in [1.165, 1.54) is 17.0 Å². The van der Waals surface area contributed by atoms with Crippen LogP contribution in [0.1, 0.15) is 60.8 Å². The van der Waals surface area contributed by atoms with Crippen LogP contribution in [-0.4, -0.2) is 17.9 Å². The highest BCUT2D eigenvalue weighted by Crippen LogP contribution is 2.47. The van der Waals surface area contributed by atoms with Crippen molar-refractivity contribution in [3.8, 4) is 0 Å². The van der Waals surface area contributed by atoms with Crippen LogP contribution in [-0.2, 0) is 14.3 Å². The Morgan fingerprint density at radius 1 is 1.12 bits per heavy atom. The molecule has 1 N–H and O–H groups in total. The predicted octanol–water partition coefficient (Wildman–Crippen LogP) is 5.59. The lowest BCUT2D eigenvalue weighted by atomic mass is 9.69. The maximum Gasteiger partial charge on any atom is 0.316 e. The summed E-state index contributed by atoms with van der Waals surface area (Å²) in [5.74, 6) is -1.82. The van der Waals surface area contributed by atoms with Gasteiger partial charge in [-0.1, -0.05) is 24.8 Å². The van der Waals surface area contributed by atoms with Gasteiger partial charge in [0.15, 0.2) is 5.78 Å². The number of ketones is 1. The summed E-state index contributed by atoms with van der Waals surface area (Å²) in [6, 6.07) is 10.1. The number of esters is 1. The minimum absolute atomic E-state index is 0.0256. The van der Waals surface area contributed by atoms with Crippen molar-refractivity contribution in [1.29, 1.82) is 0 Å². The zero-order chi connectivity index (χ0) is 22.2. The molecule has 166 valence electrons. The van der Waals surface area contributed by atoms with Crippen LogP contribution >= 0.6 is 11.3 Å². The quantitative estimate of drug-likeness (QED) is 0.616. The molecular weight excluding hydrogens is 425 g/mol. The first-order chi connectivity index (χ1) is 15.5. The fourth-order valence-corrected chi connectivity index (χ4v) is 6.16. The van der Waals surface area contributed by atoms with E-state index in [2.05, 4.69) is 18.0 Å². The van der Waals surface area contributed by atoms with Crippen LogP contribution in [0.15, 0.2) is 65.3 Å². The highest BCUT2D eigenvalue weighted by atomic mass is 32.1. The normalized spacial score (nSPS) is 26.1. The second-order valence-electron chi connectivity index (χ2n) is 8.94. The minimum atomic E-state index is -0.720. The molecule has 0 spiro atoms. The molecule has 2 aromatic rings. The van der Waals surface area contributed by atoms with Crippen molar-refractivity contribution in [3.63, 3.8) is 0 Å². The summed E-state index contributed by atoms with van der Waals surface area (Å²) < 4.78 is 19.5. The Morgan fingerprint density at radius 3 is 2.56 bits per heavy atom. The smallest absolute Gasteiger partial charge is 0.316 e. The Bertz CT molecular complexity index is 1070. The molecule has 1 aromatic carbocycles. The lowest BCUT2D eigenvalue weighted by Crippen LogP contribution is -2.42. The molecule has 3 unspecified atom stereocenters. The number of Topliss-reactive ketones (excluding diaryl/α,β-unsaturated/α-hetero) is 1. The molecule has 32 heavy (non-hydrogen) atoms. The van der Waals surface area contributed by atoms with Gasteiger partial charge < -0.3 is 10.1 Å². The summed E-state index contributed by atoms with van der Waals surface area (Å²) in [7, 11) is 0. The highest BCUT2D eigenvalue weighted by molar-refractivity contribution is 7.10. The van der Waals surface area contributed by atoms with Crippen molar-refractivity contribution in [2.75, 3.05) is 0 Å². The number of halogens is 1. The van der Waals surface area contributed by atoms with Gasteiger partial charge in [0.1, 0.15) is 17.8 Å². The van der Waals surface area contributed by atoms with Crippen molar-refractivity contribution < 1.29 is 18.7 Å². The Hall–Kier alpha value is -2.73. The van der Waals surface area contributed by atoms with E-state index >= 15 is 0 Å². The van der Waals surface area contributed by atoms with E-state index < -0.39 is 11.8 Å². The Kier molecular flexibility index (Phi) is 5.72. The van der Waals surface area contributed by atoms with Gasteiger partial charge in [-0.25, -0.2) is 4.39 Å². The number of hydrogen-bond acceptors (Lipinski definition) is 5. The zero-order valence-electron chi connectivity index (χ0n) is 17.8. The Morgan fingerprint density at radius 2 is 1.88 bits per heavy atom. The third-order valence-corrected chi connectivity index (χ3v) is 7.89. The van der Waals surface area contributed by atoms with E-state index in [0.717, 1.165) is 36.9 Å². The topological polar surface area (TPSA) is 55.4 Å². The number of thiophene rings is 1. The van der Waals surface area contributed by atoms with Crippen LogP contribution < -0.4 is 5.32 Å². The van der Waals surface area contributed by atoms with E-state index in [9.17, 15) is 14.0 Å². The average molecular weight is 452 g/mol. The SMILES string of the molecule is C=C1NC2=C(C(=O)CC(c3cccs3)C2)C(c2ccc(F)cc2)C1C(=O)OC1CCCC1. The standard InChI is InChI=1S/C26H26FNO3S/c1-15-23(26(30)31-19-5-2-3-6-19)24(16-8-10-18(27)11-9-16)25-20(28-15)13-17(14-21(25)29)22-7-4-12-32-22/h4,7-12,17,19,23-24,28H,1-3,5-6,13-14H2. The molecular formula is C26H26FNO3S. The third-order valence-electron chi connectivity index (χ3n) is 6.85. The first-order valence-corrected chi connectivity index (χ1v) is 12.1. The van der Waals surface area contributed by atoms with E-state index in [1.54, 1.807) is 23.5 Å². The van der Waals surface area contributed by atoms with Gasteiger partial charge in [-0.3, -0.25) is 9.59 Å². The van der Waals surface area contributed by atoms with Gasteiger partial charge in [0.2, 0.25) is 0 Å². The summed E-state index contributed by atoms with van der Waals surface area (Å²) in [6.07, 6.45) is 4.86. The van der Waals surface area contributed by atoms with E-state index in [1.807, 2.05) is 11.4 Å². The number of ether oxygens (including phenoxy) is 1. The number of rotatable bonds is 4. The summed E-state index contributed by atoms with van der Waals surface area (Å²) in [6.45, 7) is 4.16. The molecule has 1 saturated carbocycles. The van der Waals surface area contributed by atoms with Crippen molar-refractivity contribution in [1.82, 2.24) is 5.32 Å². The number of nitrogens with one attached hydrogen (secondary N) is 1. The summed E-state index contributed by atoms with van der Waals surface area (Å²) in [4.78, 5) is 28.0. The molecule has 0 bridgehead atoms. The molecule has 1 aliphatic heterocycles. The maximum absolute atomic E-state index is 13.7. The van der Waals surface area contributed by atoms with Crippen LogP contribution in [0.25, 0.3) is 0 Å². The molecule has 5 rings (SSSR count). The number of hydrogen-bond donors (Lipinski definition) is 1. The first kappa shape index (κ1) is 21.1. The molecule has 1 aromatic heterocycles. The largest absolute Gasteiger partial charge is 0.462 e. The van der Waals surface area contributed by atoms with Gasteiger partial charge >= 0.3 is 5.97 Å². The average Bonchev–Trinajstić information content (AvgIpc) is 3.47. The summed E-state index contributed by atoms with van der Waals surface area (Å²) in [5.41, 5.74) is 2.72. The van der Waals surface area contributed by atoms with Crippen molar-refractivity contribution in [3.05, 3.63) is 81.6 Å². The minimum Gasteiger partial charge on any atom is -0.462 e. The summed E-state index contributed by atoms with van der Waals surface area (Å²) >= 11 is 1.65. The van der Waals surface area contributed by atoms with E-state index in [0.29, 0.717) is 24.1 Å². The maximum atomic E-state index is 13.7. The lowest BCUT2D eigenvalue weighted by Gasteiger charge is -2.40. The summed E-state index contributed by atoms with van der Waals surface area (Å²) in [5, 5.41) is 5.32. The predicted molar refractivity (Wildman–Crippen MR) is 122 cm³/mol.